The summed E-state index contributed by atoms with van der Waals surface area (Å²) in [6.45, 7) is 4.63. The highest BCUT2D eigenvalue weighted by Gasteiger charge is 2.38. The van der Waals surface area contributed by atoms with E-state index in [1.807, 2.05) is 18.0 Å². The molecule has 1 fully saturated rings. The van der Waals surface area contributed by atoms with Crippen LogP contribution in [0.15, 0.2) is 23.3 Å². The van der Waals surface area contributed by atoms with Crippen molar-refractivity contribution < 1.29 is 0 Å². The third-order valence-corrected chi connectivity index (χ3v) is 3.89. The number of allylic oxidation sites excluding steroid dienone is 2. The molecule has 2 aliphatic heterocycles. The summed E-state index contributed by atoms with van der Waals surface area (Å²) in [6, 6.07) is 0.567. The van der Waals surface area contributed by atoms with Gasteiger partial charge in [0.15, 0.2) is 0 Å². The first-order valence-electron chi connectivity index (χ1n) is 3.96. The number of rotatable bonds is 0. The van der Waals surface area contributed by atoms with Crippen LogP contribution in [-0.4, -0.2) is 11.8 Å². The summed E-state index contributed by atoms with van der Waals surface area (Å²) in [4.78, 5) is 1.50. The normalized spacial score (nSPS) is 32.5. The van der Waals surface area contributed by atoms with Crippen molar-refractivity contribution in [2.24, 2.45) is 5.41 Å². The lowest BCUT2D eigenvalue weighted by Crippen LogP contribution is -2.37. The van der Waals surface area contributed by atoms with Gasteiger partial charge in [-0.2, -0.15) is 0 Å². The summed E-state index contributed by atoms with van der Waals surface area (Å²) in [7, 11) is 0. The van der Waals surface area contributed by atoms with Gasteiger partial charge in [-0.05, 0) is 23.8 Å². The fourth-order valence-electron chi connectivity index (χ4n) is 1.57. The van der Waals surface area contributed by atoms with Gasteiger partial charge >= 0.3 is 0 Å². The predicted molar refractivity (Wildman–Crippen MR) is 50.4 cm³/mol. The van der Waals surface area contributed by atoms with Crippen molar-refractivity contribution >= 4 is 11.8 Å². The summed E-state index contributed by atoms with van der Waals surface area (Å²) >= 11 is 1.98. The largest absolute Gasteiger partial charge is 0.383 e. The quantitative estimate of drug-likeness (QED) is 0.593. The third kappa shape index (κ3) is 1.09. The first-order chi connectivity index (χ1) is 5.20. The topological polar surface area (TPSA) is 12.0 Å². The predicted octanol–water partition coefficient (Wildman–Crippen LogP) is 2.13. The standard InChI is InChI=1S/C9H13NS/c1-9(2)6-11-7-4-3-5-10-8(7)9/h3-5,8,10H,6H2,1-2H3. The van der Waals surface area contributed by atoms with E-state index in [1.165, 1.54) is 10.7 Å². The highest BCUT2D eigenvalue weighted by Crippen LogP contribution is 2.44. The molecule has 0 amide bonds. The molecule has 2 aliphatic rings. The van der Waals surface area contributed by atoms with E-state index in [1.54, 1.807) is 0 Å². The fraction of sp³-hybridized carbons (Fsp3) is 0.556. The highest BCUT2D eigenvalue weighted by atomic mass is 32.2. The van der Waals surface area contributed by atoms with Crippen LogP contribution in [0.4, 0.5) is 0 Å². The first kappa shape index (κ1) is 7.29. The second kappa shape index (κ2) is 2.31. The van der Waals surface area contributed by atoms with Gasteiger partial charge in [0.1, 0.15) is 0 Å². The van der Waals surface area contributed by atoms with Crippen molar-refractivity contribution in [1.82, 2.24) is 5.32 Å². The summed E-state index contributed by atoms with van der Waals surface area (Å²) < 4.78 is 0. The molecule has 2 rings (SSSR count). The smallest absolute Gasteiger partial charge is 0.0626 e. The van der Waals surface area contributed by atoms with E-state index >= 15 is 0 Å². The molecule has 11 heavy (non-hydrogen) atoms. The molecule has 0 aromatic heterocycles. The number of fused-ring (bicyclic) bond motifs is 1. The molecule has 1 nitrogen and oxygen atoms in total. The van der Waals surface area contributed by atoms with Crippen molar-refractivity contribution in [1.29, 1.82) is 0 Å². The summed E-state index contributed by atoms with van der Waals surface area (Å²) in [5.74, 6) is 1.23. The average Bonchev–Trinajstić information content (AvgIpc) is 2.29. The van der Waals surface area contributed by atoms with Gasteiger partial charge in [-0.25, -0.2) is 0 Å². The average molecular weight is 167 g/mol. The van der Waals surface area contributed by atoms with E-state index in [-0.39, 0.29) is 0 Å². The van der Waals surface area contributed by atoms with Crippen LogP contribution >= 0.6 is 11.8 Å². The van der Waals surface area contributed by atoms with Crippen LogP contribution in [0.1, 0.15) is 13.8 Å². The van der Waals surface area contributed by atoms with E-state index in [0.717, 1.165) is 0 Å². The van der Waals surface area contributed by atoms with Gasteiger partial charge in [0.25, 0.3) is 0 Å². The molecule has 1 atom stereocenters. The lowest BCUT2D eigenvalue weighted by Gasteiger charge is -2.28. The number of hydrogen-bond acceptors (Lipinski definition) is 2. The molecule has 0 aromatic carbocycles. The van der Waals surface area contributed by atoms with E-state index in [0.29, 0.717) is 11.5 Å². The van der Waals surface area contributed by atoms with Crippen molar-refractivity contribution in [2.45, 2.75) is 19.9 Å². The minimum atomic E-state index is 0.418. The molecule has 1 saturated heterocycles. The monoisotopic (exact) mass is 167 g/mol. The van der Waals surface area contributed by atoms with Crippen LogP contribution in [0.5, 0.6) is 0 Å². The zero-order chi connectivity index (χ0) is 7.90. The Bertz CT molecular complexity index is 228. The first-order valence-corrected chi connectivity index (χ1v) is 4.94. The highest BCUT2D eigenvalue weighted by molar-refractivity contribution is 8.03. The van der Waals surface area contributed by atoms with Gasteiger partial charge in [-0.3, -0.25) is 0 Å². The number of nitrogens with one attached hydrogen (secondary N) is 1. The molecule has 0 radical (unpaired) electrons. The molecule has 0 spiro atoms. The van der Waals surface area contributed by atoms with E-state index in [9.17, 15) is 0 Å². The Morgan fingerprint density at radius 1 is 1.64 bits per heavy atom. The second-order valence-corrected chi connectivity index (χ2v) is 4.85. The molecule has 60 valence electrons. The summed E-state index contributed by atoms with van der Waals surface area (Å²) in [5.41, 5.74) is 0.418. The number of hydrogen-bond donors (Lipinski definition) is 1. The van der Waals surface area contributed by atoms with Crippen LogP contribution in [0, 0.1) is 5.41 Å². The Kier molecular flexibility index (Phi) is 1.53. The molecular formula is C9H13NS. The Morgan fingerprint density at radius 2 is 2.45 bits per heavy atom. The van der Waals surface area contributed by atoms with Gasteiger partial charge in [-0.1, -0.05) is 13.8 Å². The maximum Gasteiger partial charge on any atom is 0.0626 e. The van der Waals surface area contributed by atoms with Crippen LogP contribution < -0.4 is 5.32 Å². The van der Waals surface area contributed by atoms with Crippen LogP contribution in [0.3, 0.4) is 0 Å². The minimum absolute atomic E-state index is 0.418. The maximum atomic E-state index is 3.40. The molecular weight excluding hydrogens is 154 g/mol. The van der Waals surface area contributed by atoms with Crippen molar-refractivity contribution in [2.75, 3.05) is 5.75 Å². The number of thioether (sulfide) groups is 1. The van der Waals surface area contributed by atoms with E-state index in [2.05, 4.69) is 31.3 Å². The lowest BCUT2D eigenvalue weighted by atomic mass is 9.86. The van der Waals surface area contributed by atoms with Crippen molar-refractivity contribution in [3.05, 3.63) is 23.3 Å². The molecule has 0 aromatic rings. The van der Waals surface area contributed by atoms with Crippen LogP contribution in [-0.2, 0) is 0 Å². The zero-order valence-corrected chi connectivity index (χ0v) is 7.74. The zero-order valence-electron chi connectivity index (χ0n) is 6.92. The second-order valence-electron chi connectivity index (χ2n) is 3.81. The van der Waals surface area contributed by atoms with Gasteiger partial charge in [0.05, 0.1) is 6.04 Å². The van der Waals surface area contributed by atoms with Gasteiger partial charge in [-0.15, -0.1) is 11.8 Å². The van der Waals surface area contributed by atoms with E-state index in [4.69, 9.17) is 0 Å². The maximum absolute atomic E-state index is 3.40. The van der Waals surface area contributed by atoms with Gasteiger partial charge < -0.3 is 5.32 Å². The molecule has 1 N–H and O–H groups in total. The van der Waals surface area contributed by atoms with Gasteiger partial charge in [0, 0.05) is 10.7 Å². The Balaban J connectivity index is 2.29. The summed E-state index contributed by atoms with van der Waals surface area (Å²) in [6.07, 6.45) is 6.35. The lowest BCUT2D eigenvalue weighted by molar-refractivity contribution is 0.352. The SMILES string of the molecule is CC1(C)CSC2=CC=CNC21. The Hall–Kier alpha value is -0.370. The van der Waals surface area contributed by atoms with Crippen LogP contribution in [0.25, 0.3) is 0 Å². The minimum Gasteiger partial charge on any atom is -0.383 e. The van der Waals surface area contributed by atoms with E-state index < -0.39 is 0 Å². The third-order valence-electron chi connectivity index (χ3n) is 2.30. The van der Waals surface area contributed by atoms with Crippen LogP contribution in [0.2, 0.25) is 0 Å². The van der Waals surface area contributed by atoms with Crippen molar-refractivity contribution in [3.63, 3.8) is 0 Å². The Morgan fingerprint density at radius 3 is 3.18 bits per heavy atom. The molecule has 1 unspecified atom stereocenters. The Labute approximate surface area is 71.9 Å². The van der Waals surface area contributed by atoms with Gasteiger partial charge in [0.2, 0.25) is 0 Å². The molecule has 0 aliphatic carbocycles. The van der Waals surface area contributed by atoms with Crippen molar-refractivity contribution in [3.8, 4) is 0 Å². The molecule has 2 heterocycles. The summed E-state index contributed by atoms with van der Waals surface area (Å²) in [5, 5.41) is 3.40. The molecule has 2 heteroatoms. The fourth-order valence-corrected chi connectivity index (χ4v) is 3.00. The molecule has 0 bridgehead atoms. The number of dihydropyridines is 1. The molecule has 0 saturated carbocycles.